The molecule has 8 nitrogen and oxygen atoms in total. The largest absolute Gasteiger partial charge is 0.496 e. The number of piperidine rings is 1. The second kappa shape index (κ2) is 11.3. The summed E-state index contributed by atoms with van der Waals surface area (Å²) in [7, 11) is 1.62. The first kappa shape index (κ1) is 24.0. The number of methoxy groups -OCH3 is 1. The molecule has 3 heterocycles. The average molecular weight is 483 g/mol. The monoisotopic (exact) mass is 482 g/mol. The molecule has 1 saturated heterocycles. The Balaban J connectivity index is 1.22. The number of aliphatic hydroxyl groups excluding tert-OH is 1. The molecule has 1 aromatic carbocycles. The van der Waals surface area contributed by atoms with Gasteiger partial charge in [-0.2, -0.15) is 5.10 Å². The Hall–Kier alpha value is -3.17. The van der Waals surface area contributed by atoms with Crippen LogP contribution in [0.5, 0.6) is 5.75 Å². The summed E-state index contributed by atoms with van der Waals surface area (Å²) in [4.78, 5) is 27.9. The number of hydrogen-bond donors (Lipinski definition) is 2. The number of aromatic nitrogens is 2. The maximum Gasteiger partial charge on any atom is 0.244 e. The van der Waals surface area contributed by atoms with Crippen LogP contribution in [0.2, 0.25) is 0 Å². The van der Waals surface area contributed by atoms with Gasteiger partial charge in [0.15, 0.2) is 0 Å². The standard InChI is InChI=1S/C25H30N4O4S/c1-33-21-6-3-2-5-18(21)8-9-23(30)27-20-15-26-29(16-20)17-24(31)28-12-10-19(11-13-28)25(32)22-7-4-14-34-22/h2-7,14-16,19,25,32H,8-13,17H2,1H3,(H,27,30). The number of likely N-dealkylation sites (tertiary alicyclic amines) is 1. The van der Waals surface area contributed by atoms with E-state index in [9.17, 15) is 14.7 Å². The highest BCUT2D eigenvalue weighted by molar-refractivity contribution is 7.10. The third-order valence-electron chi connectivity index (χ3n) is 6.20. The molecule has 2 aromatic heterocycles. The molecule has 2 amide bonds. The van der Waals surface area contributed by atoms with Gasteiger partial charge in [-0.25, -0.2) is 0 Å². The summed E-state index contributed by atoms with van der Waals surface area (Å²) in [6.45, 7) is 1.37. The summed E-state index contributed by atoms with van der Waals surface area (Å²) in [6.07, 6.45) is 5.20. The zero-order valence-corrected chi connectivity index (χ0v) is 20.0. The first-order valence-electron chi connectivity index (χ1n) is 11.5. The fourth-order valence-corrected chi connectivity index (χ4v) is 5.09. The van der Waals surface area contributed by atoms with Crippen molar-refractivity contribution in [2.24, 2.45) is 5.92 Å². The summed E-state index contributed by atoms with van der Waals surface area (Å²) in [6, 6.07) is 11.5. The van der Waals surface area contributed by atoms with Gasteiger partial charge in [0.1, 0.15) is 12.3 Å². The lowest BCUT2D eigenvalue weighted by atomic mass is 9.90. The van der Waals surface area contributed by atoms with Crippen molar-refractivity contribution in [3.8, 4) is 5.75 Å². The van der Waals surface area contributed by atoms with E-state index in [4.69, 9.17) is 4.74 Å². The van der Waals surface area contributed by atoms with Crippen molar-refractivity contribution < 1.29 is 19.4 Å². The van der Waals surface area contributed by atoms with Crippen molar-refractivity contribution in [1.29, 1.82) is 0 Å². The number of para-hydroxylation sites is 1. The molecule has 34 heavy (non-hydrogen) atoms. The zero-order valence-electron chi connectivity index (χ0n) is 19.2. The minimum atomic E-state index is -0.461. The maximum atomic E-state index is 12.7. The van der Waals surface area contributed by atoms with Gasteiger partial charge < -0.3 is 20.1 Å². The Morgan fingerprint density at radius 2 is 2.03 bits per heavy atom. The van der Waals surface area contributed by atoms with Crippen LogP contribution in [0, 0.1) is 5.92 Å². The van der Waals surface area contributed by atoms with Crippen LogP contribution in [-0.4, -0.2) is 51.8 Å². The number of carbonyl (C=O) groups is 2. The second-order valence-electron chi connectivity index (χ2n) is 8.47. The Morgan fingerprint density at radius 3 is 2.76 bits per heavy atom. The molecule has 0 spiro atoms. The van der Waals surface area contributed by atoms with Crippen molar-refractivity contribution in [2.75, 3.05) is 25.5 Å². The number of thiophene rings is 1. The molecule has 2 N–H and O–H groups in total. The molecule has 9 heteroatoms. The van der Waals surface area contributed by atoms with Gasteiger partial charge in [-0.15, -0.1) is 11.3 Å². The molecular weight excluding hydrogens is 452 g/mol. The van der Waals surface area contributed by atoms with E-state index in [1.54, 1.807) is 35.5 Å². The van der Waals surface area contributed by atoms with Gasteiger partial charge >= 0.3 is 0 Å². The fourth-order valence-electron chi connectivity index (χ4n) is 4.29. The van der Waals surface area contributed by atoms with Crippen LogP contribution < -0.4 is 10.1 Å². The van der Waals surface area contributed by atoms with E-state index in [0.717, 1.165) is 29.0 Å². The Morgan fingerprint density at radius 1 is 1.24 bits per heavy atom. The van der Waals surface area contributed by atoms with Crippen LogP contribution in [-0.2, 0) is 22.6 Å². The van der Waals surface area contributed by atoms with Crippen LogP contribution in [0.3, 0.4) is 0 Å². The molecule has 4 rings (SSSR count). The smallest absolute Gasteiger partial charge is 0.244 e. The van der Waals surface area contributed by atoms with Crippen LogP contribution >= 0.6 is 11.3 Å². The Kier molecular flexibility index (Phi) is 7.97. The van der Waals surface area contributed by atoms with Gasteiger partial charge in [-0.1, -0.05) is 24.3 Å². The number of ether oxygens (including phenoxy) is 1. The lowest BCUT2D eigenvalue weighted by Gasteiger charge is -2.34. The fraction of sp³-hybridized carbons (Fsp3) is 0.400. The van der Waals surface area contributed by atoms with Crippen LogP contribution in [0.4, 0.5) is 5.69 Å². The topological polar surface area (TPSA) is 96.7 Å². The first-order valence-corrected chi connectivity index (χ1v) is 12.3. The quantitative estimate of drug-likeness (QED) is 0.487. The summed E-state index contributed by atoms with van der Waals surface area (Å²) < 4.78 is 6.87. The molecule has 0 aliphatic carbocycles. The van der Waals surface area contributed by atoms with Gasteiger partial charge in [0.05, 0.1) is 25.1 Å². The van der Waals surface area contributed by atoms with E-state index in [1.165, 1.54) is 0 Å². The van der Waals surface area contributed by atoms with E-state index in [1.807, 2.05) is 46.7 Å². The SMILES string of the molecule is COc1ccccc1CCC(=O)Nc1cnn(CC(=O)N2CCC(C(O)c3cccs3)CC2)c1. The molecule has 180 valence electrons. The van der Waals surface area contributed by atoms with E-state index in [0.29, 0.717) is 31.6 Å². The summed E-state index contributed by atoms with van der Waals surface area (Å²) in [5.41, 5.74) is 1.55. The molecule has 0 radical (unpaired) electrons. The molecule has 1 atom stereocenters. The third kappa shape index (κ3) is 6.03. The Labute approximate surface area is 203 Å². The second-order valence-corrected chi connectivity index (χ2v) is 9.44. The minimum absolute atomic E-state index is 0.0128. The number of carbonyl (C=O) groups excluding carboxylic acids is 2. The molecule has 3 aromatic rings. The zero-order chi connectivity index (χ0) is 23.9. The highest BCUT2D eigenvalue weighted by atomic mass is 32.1. The lowest BCUT2D eigenvalue weighted by Crippen LogP contribution is -2.41. The number of amides is 2. The molecule has 0 bridgehead atoms. The summed E-state index contributed by atoms with van der Waals surface area (Å²) >= 11 is 1.57. The van der Waals surface area contributed by atoms with Crippen molar-refractivity contribution in [3.05, 3.63) is 64.6 Å². The molecule has 1 aliphatic rings. The number of benzene rings is 1. The molecule has 1 unspecified atom stereocenters. The van der Waals surface area contributed by atoms with E-state index < -0.39 is 6.10 Å². The molecule has 1 fully saturated rings. The van der Waals surface area contributed by atoms with Gasteiger partial charge in [-0.05, 0) is 48.3 Å². The molecule has 1 aliphatic heterocycles. The van der Waals surface area contributed by atoms with Gasteiger partial charge in [0.25, 0.3) is 0 Å². The molecular formula is C25H30N4O4S. The maximum absolute atomic E-state index is 12.7. The normalized spacial score (nSPS) is 15.2. The number of aliphatic hydroxyl groups is 1. The number of nitrogens with one attached hydrogen (secondary N) is 1. The predicted octanol–water partition coefficient (Wildman–Crippen LogP) is 3.50. The van der Waals surface area contributed by atoms with Gasteiger partial charge in [0.2, 0.25) is 11.8 Å². The minimum Gasteiger partial charge on any atom is -0.496 e. The van der Waals surface area contributed by atoms with Crippen molar-refractivity contribution in [1.82, 2.24) is 14.7 Å². The van der Waals surface area contributed by atoms with Crippen molar-refractivity contribution in [2.45, 2.75) is 38.3 Å². The summed E-state index contributed by atoms with van der Waals surface area (Å²) in [5.74, 6) is 0.807. The third-order valence-corrected chi connectivity index (χ3v) is 7.14. The van der Waals surface area contributed by atoms with Crippen LogP contribution in [0.25, 0.3) is 0 Å². The predicted molar refractivity (Wildman–Crippen MR) is 131 cm³/mol. The van der Waals surface area contributed by atoms with Crippen molar-refractivity contribution in [3.63, 3.8) is 0 Å². The van der Waals surface area contributed by atoms with Gasteiger partial charge in [-0.3, -0.25) is 14.3 Å². The first-order chi connectivity index (χ1) is 16.5. The molecule has 0 saturated carbocycles. The number of rotatable bonds is 9. The van der Waals surface area contributed by atoms with E-state index in [2.05, 4.69) is 10.4 Å². The average Bonchev–Trinajstić information content (AvgIpc) is 3.55. The highest BCUT2D eigenvalue weighted by Gasteiger charge is 2.28. The van der Waals surface area contributed by atoms with E-state index in [-0.39, 0.29) is 24.3 Å². The lowest BCUT2D eigenvalue weighted by molar-refractivity contribution is -0.134. The van der Waals surface area contributed by atoms with Crippen LogP contribution in [0.15, 0.2) is 54.2 Å². The number of nitrogens with zero attached hydrogens (tertiary/aromatic N) is 3. The van der Waals surface area contributed by atoms with Gasteiger partial charge in [0, 0.05) is 30.6 Å². The van der Waals surface area contributed by atoms with E-state index >= 15 is 0 Å². The number of anilines is 1. The highest BCUT2D eigenvalue weighted by Crippen LogP contribution is 2.33. The number of hydrogen-bond acceptors (Lipinski definition) is 6. The number of aryl methyl sites for hydroxylation is 1. The summed E-state index contributed by atoms with van der Waals surface area (Å²) in [5, 5.41) is 19.6. The van der Waals surface area contributed by atoms with Crippen LogP contribution in [0.1, 0.15) is 35.8 Å². The van der Waals surface area contributed by atoms with Crippen molar-refractivity contribution >= 4 is 28.8 Å². The Bertz CT molecular complexity index is 1090.